The highest BCUT2D eigenvalue weighted by Gasteiger charge is 2.09. The van der Waals surface area contributed by atoms with Crippen molar-refractivity contribution in [3.05, 3.63) is 29.3 Å². The van der Waals surface area contributed by atoms with Crippen LogP contribution >= 0.6 is 11.6 Å². The van der Waals surface area contributed by atoms with E-state index in [2.05, 4.69) is 4.98 Å². The van der Waals surface area contributed by atoms with Gasteiger partial charge in [-0.2, -0.15) is 9.37 Å². The van der Waals surface area contributed by atoms with E-state index in [1.807, 2.05) is 0 Å². The molecule has 62 valence electrons. The highest BCUT2D eigenvalue weighted by atomic mass is 35.5. The number of anilines is 1. The van der Waals surface area contributed by atoms with Crippen LogP contribution in [-0.2, 0) is 0 Å². The van der Waals surface area contributed by atoms with Gasteiger partial charge in [0, 0.05) is 0 Å². The maximum absolute atomic E-state index is 12.8. The van der Waals surface area contributed by atoms with Crippen LogP contribution in [0.25, 0.3) is 5.65 Å². The number of nitrogen functional groups attached to an aromatic ring is 1. The van der Waals surface area contributed by atoms with Gasteiger partial charge in [-0.3, -0.25) is 4.40 Å². The predicted molar refractivity (Wildman–Crippen MR) is 44.6 cm³/mol. The first-order valence-corrected chi connectivity index (χ1v) is 3.66. The van der Waals surface area contributed by atoms with Gasteiger partial charge in [0.05, 0.1) is 0 Å². The Hall–Kier alpha value is -1.29. The van der Waals surface area contributed by atoms with Crippen LogP contribution in [0.15, 0.2) is 18.2 Å². The van der Waals surface area contributed by atoms with Gasteiger partial charge in [-0.15, -0.1) is 0 Å². The molecule has 0 aliphatic rings. The lowest BCUT2D eigenvalue weighted by Gasteiger charge is -1.96. The first-order valence-electron chi connectivity index (χ1n) is 3.28. The van der Waals surface area contributed by atoms with Crippen molar-refractivity contribution in [2.24, 2.45) is 0 Å². The third kappa shape index (κ3) is 0.848. The molecule has 5 heteroatoms. The molecule has 2 rings (SSSR count). The van der Waals surface area contributed by atoms with Gasteiger partial charge in [-0.05, 0) is 12.1 Å². The molecule has 0 fully saturated rings. The summed E-state index contributed by atoms with van der Waals surface area (Å²) >= 11 is 5.75. The molecular weight excluding hydrogens is 181 g/mol. The van der Waals surface area contributed by atoms with Crippen LogP contribution in [-0.4, -0.2) is 9.38 Å². The Balaban J connectivity index is 2.97. The Morgan fingerprint density at radius 3 is 2.92 bits per heavy atom. The molecular formula is C7H5ClFN3. The molecule has 0 radical (unpaired) electrons. The van der Waals surface area contributed by atoms with E-state index in [0.29, 0.717) is 10.8 Å². The summed E-state index contributed by atoms with van der Waals surface area (Å²) in [5.41, 5.74) is 5.79. The molecule has 0 amide bonds. The second kappa shape index (κ2) is 2.35. The summed E-state index contributed by atoms with van der Waals surface area (Å²) in [6, 6.07) is 4.93. The van der Waals surface area contributed by atoms with Gasteiger partial charge in [0.2, 0.25) is 0 Å². The van der Waals surface area contributed by atoms with Crippen molar-refractivity contribution in [2.45, 2.75) is 0 Å². The second-order valence-corrected chi connectivity index (χ2v) is 2.72. The average Bonchev–Trinajstić information content (AvgIpc) is 2.29. The minimum atomic E-state index is -0.692. The van der Waals surface area contributed by atoms with Gasteiger partial charge >= 0.3 is 0 Å². The van der Waals surface area contributed by atoms with E-state index >= 15 is 0 Å². The number of nitrogens with zero attached hydrogens (tertiary/aromatic N) is 2. The zero-order valence-electron chi connectivity index (χ0n) is 5.96. The first kappa shape index (κ1) is 7.36. The number of aromatic nitrogens is 2. The van der Waals surface area contributed by atoms with E-state index in [0.717, 1.165) is 0 Å². The Morgan fingerprint density at radius 1 is 1.50 bits per heavy atom. The normalized spacial score (nSPS) is 10.8. The maximum atomic E-state index is 12.8. The summed E-state index contributed by atoms with van der Waals surface area (Å²) in [6.45, 7) is 0. The van der Waals surface area contributed by atoms with Gasteiger partial charge < -0.3 is 5.73 Å². The number of nitrogens with two attached hydrogens (primary N) is 1. The van der Waals surface area contributed by atoms with Crippen molar-refractivity contribution in [1.82, 2.24) is 9.38 Å². The van der Waals surface area contributed by atoms with E-state index in [1.54, 1.807) is 18.2 Å². The molecule has 0 spiro atoms. The summed E-state index contributed by atoms with van der Waals surface area (Å²) in [7, 11) is 0. The zero-order valence-corrected chi connectivity index (χ0v) is 6.72. The first-order chi connectivity index (χ1) is 5.70. The minimum absolute atomic E-state index is 0.0596. The van der Waals surface area contributed by atoms with Gasteiger partial charge in [-0.25, -0.2) is 0 Å². The largest absolute Gasteiger partial charge is 0.381 e. The van der Waals surface area contributed by atoms with E-state index in [4.69, 9.17) is 17.3 Å². The molecule has 0 bridgehead atoms. The van der Waals surface area contributed by atoms with Crippen molar-refractivity contribution in [2.75, 3.05) is 5.73 Å². The number of hydrogen-bond donors (Lipinski definition) is 1. The molecule has 12 heavy (non-hydrogen) atoms. The van der Waals surface area contributed by atoms with Crippen LogP contribution in [0.1, 0.15) is 0 Å². The van der Waals surface area contributed by atoms with E-state index in [-0.39, 0.29) is 5.82 Å². The Kier molecular flexibility index (Phi) is 1.44. The predicted octanol–water partition coefficient (Wildman–Crippen LogP) is 1.71. The Labute approximate surface area is 72.6 Å². The molecule has 2 aromatic rings. The highest BCUT2D eigenvalue weighted by Crippen LogP contribution is 2.18. The lowest BCUT2D eigenvalue weighted by atomic mass is 10.5. The zero-order chi connectivity index (χ0) is 8.72. The van der Waals surface area contributed by atoms with Crippen molar-refractivity contribution in [3.8, 4) is 0 Å². The van der Waals surface area contributed by atoms with E-state index in [9.17, 15) is 4.39 Å². The molecule has 3 nitrogen and oxygen atoms in total. The standard InChI is InChI=1S/C7H5ClFN3/c8-4-2-1-3-5-11-6(9)7(10)12(4)5/h1-3H,10H2. The fraction of sp³-hybridized carbons (Fsp3) is 0. The third-order valence-electron chi connectivity index (χ3n) is 1.59. The molecule has 2 N–H and O–H groups in total. The van der Waals surface area contributed by atoms with Crippen LogP contribution < -0.4 is 5.73 Å². The molecule has 2 aromatic heterocycles. The van der Waals surface area contributed by atoms with Crippen LogP contribution in [0.4, 0.5) is 10.2 Å². The fourth-order valence-electron chi connectivity index (χ4n) is 1.05. The number of hydrogen-bond acceptors (Lipinski definition) is 2. The average molecular weight is 186 g/mol. The quantitative estimate of drug-likeness (QED) is 0.635. The van der Waals surface area contributed by atoms with Crippen molar-refractivity contribution < 1.29 is 4.39 Å². The number of pyridine rings is 1. The topological polar surface area (TPSA) is 43.3 Å². The molecule has 0 unspecified atom stereocenters. The van der Waals surface area contributed by atoms with Crippen molar-refractivity contribution in [1.29, 1.82) is 0 Å². The molecule has 0 saturated heterocycles. The Morgan fingerprint density at radius 2 is 2.25 bits per heavy atom. The van der Waals surface area contributed by atoms with Crippen LogP contribution in [0.5, 0.6) is 0 Å². The van der Waals surface area contributed by atoms with Crippen molar-refractivity contribution in [3.63, 3.8) is 0 Å². The van der Waals surface area contributed by atoms with Gasteiger partial charge in [-0.1, -0.05) is 17.7 Å². The number of imidazole rings is 1. The van der Waals surface area contributed by atoms with Gasteiger partial charge in [0.1, 0.15) is 10.8 Å². The molecule has 0 aromatic carbocycles. The van der Waals surface area contributed by atoms with Crippen LogP contribution in [0.3, 0.4) is 0 Å². The summed E-state index contributed by atoms with van der Waals surface area (Å²) in [5.74, 6) is -0.751. The lowest BCUT2D eigenvalue weighted by Crippen LogP contribution is -1.94. The van der Waals surface area contributed by atoms with E-state index in [1.165, 1.54) is 4.40 Å². The molecule has 0 aliphatic carbocycles. The Bertz CT molecular complexity index is 437. The minimum Gasteiger partial charge on any atom is -0.381 e. The number of halogens is 2. The fourth-order valence-corrected chi connectivity index (χ4v) is 1.30. The SMILES string of the molecule is Nc1c(F)nc2cccc(Cl)n12. The summed E-state index contributed by atoms with van der Waals surface area (Å²) < 4.78 is 14.1. The smallest absolute Gasteiger partial charge is 0.256 e. The molecule has 0 aliphatic heterocycles. The summed E-state index contributed by atoms with van der Waals surface area (Å²) in [6.07, 6.45) is 0. The van der Waals surface area contributed by atoms with E-state index < -0.39 is 5.95 Å². The lowest BCUT2D eigenvalue weighted by molar-refractivity contribution is 0.597. The number of rotatable bonds is 0. The second-order valence-electron chi connectivity index (χ2n) is 2.33. The monoisotopic (exact) mass is 185 g/mol. The number of fused-ring (bicyclic) bond motifs is 1. The van der Waals surface area contributed by atoms with Crippen LogP contribution in [0.2, 0.25) is 5.15 Å². The van der Waals surface area contributed by atoms with Gasteiger partial charge in [0.25, 0.3) is 5.95 Å². The molecule has 2 heterocycles. The summed E-state index contributed by atoms with van der Waals surface area (Å²) in [5, 5.41) is 0.349. The third-order valence-corrected chi connectivity index (χ3v) is 1.88. The summed E-state index contributed by atoms with van der Waals surface area (Å²) in [4.78, 5) is 3.56. The molecule has 0 atom stereocenters. The van der Waals surface area contributed by atoms with Gasteiger partial charge in [0.15, 0.2) is 5.82 Å². The highest BCUT2D eigenvalue weighted by molar-refractivity contribution is 6.29. The van der Waals surface area contributed by atoms with Crippen molar-refractivity contribution >= 4 is 23.1 Å². The maximum Gasteiger partial charge on any atom is 0.256 e. The van der Waals surface area contributed by atoms with Crippen LogP contribution in [0, 0.1) is 5.95 Å². The molecule has 0 saturated carbocycles.